The van der Waals surface area contributed by atoms with Crippen LogP contribution in [-0.2, 0) is 23.6 Å². The van der Waals surface area contributed by atoms with Crippen molar-refractivity contribution in [2.75, 3.05) is 37.7 Å². The molecule has 5 rings (SSSR count). The van der Waals surface area contributed by atoms with Crippen LogP contribution in [0.2, 0.25) is 10.3 Å². The lowest BCUT2D eigenvalue weighted by molar-refractivity contribution is -0.143. The standard InChI is InChI=1S/C27H29Cl2F6N7O/c1-2-19-10-20(15-41(19)23-22(28)13-36-24(29)39-23)42(25-37-11-21(12-38-25)40-3-5-43-6-4-40)14-16-7-17(26(30,31)32)9-18(8-16)27(33,34)35/h7-9,11-13,19-20,25,37H,2-6,10,14-15H2,1H3. The van der Waals surface area contributed by atoms with Gasteiger partial charge in [0.25, 0.3) is 0 Å². The van der Waals surface area contributed by atoms with E-state index in [1.54, 1.807) is 17.3 Å². The number of anilines is 1. The minimum absolute atomic E-state index is 0.00229. The molecule has 3 atom stereocenters. The molecule has 234 valence electrons. The Morgan fingerprint density at radius 3 is 2.30 bits per heavy atom. The molecule has 0 amide bonds. The summed E-state index contributed by atoms with van der Waals surface area (Å²) in [6.07, 6.45) is -4.68. The number of morpholine rings is 1. The van der Waals surface area contributed by atoms with Crippen LogP contribution in [-0.4, -0.2) is 77.2 Å². The van der Waals surface area contributed by atoms with Crippen LogP contribution in [0.4, 0.5) is 32.2 Å². The van der Waals surface area contributed by atoms with E-state index in [0.717, 1.165) is 17.8 Å². The van der Waals surface area contributed by atoms with Gasteiger partial charge in [-0.25, -0.2) is 4.98 Å². The Morgan fingerprint density at radius 1 is 1.05 bits per heavy atom. The van der Waals surface area contributed by atoms with Gasteiger partial charge in [-0.15, -0.1) is 0 Å². The van der Waals surface area contributed by atoms with E-state index in [0.29, 0.717) is 51.5 Å². The second-order valence-corrected chi connectivity index (χ2v) is 11.2. The van der Waals surface area contributed by atoms with E-state index in [1.165, 1.54) is 6.20 Å². The maximum atomic E-state index is 13.7. The molecule has 3 aliphatic rings. The molecule has 0 aliphatic carbocycles. The predicted octanol–water partition coefficient (Wildman–Crippen LogP) is 5.81. The molecule has 0 saturated carbocycles. The van der Waals surface area contributed by atoms with Crippen LogP contribution in [0.25, 0.3) is 0 Å². The average Bonchev–Trinajstić information content (AvgIpc) is 3.41. The summed E-state index contributed by atoms with van der Waals surface area (Å²) >= 11 is 12.5. The van der Waals surface area contributed by atoms with E-state index < -0.39 is 29.8 Å². The predicted molar refractivity (Wildman–Crippen MR) is 150 cm³/mol. The van der Waals surface area contributed by atoms with Crippen LogP contribution in [0.3, 0.4) is 0 Å². The number of nitrogens with zero attached hydrogens (tertiary/aromatic N) is 6. The number of hydrogen-bond acceptors (Lipinski definition) is 8. The van der Waals surface area contributed by atoms with Gasteiger partial charge in [0.15, 0.2) is 12.1 Å². The van der Waals surface area contributed by atoms with Crippen LogP contribution in [0, 0.1) is 0 Å². The summed E-state index contributed by atoms with van der Waals surface area (Å²) in [6.45, 7) is 4.50. The molecule has 43 heavy (non-hydrogen) atoms. The van der Waals surface area contributed by atoms with E-state index in [2.05, 4.69) is 25.2 Å². The number of hydrogen-bond donors (Lipinski definition) is 1. The molecule has 4 heterocycles. The number of nitrogens with one attached hydrogen (secondary N) is 1. The van der Waals surface area contributed by atoms with Crippen molar-refractivity contribution in [1.29, 1.82) is 0 Å². The number of halogens is 8. The van der Waals surface area contributed by atoms with Gasteiger partial charge in [-0.05, 0) is 48.2 Å². The molecule has 1 aromatic carbocycles. The third-order valence-corrected chi connectivity index (χ3v) is 8.18. The SMILES string of the molecule is CCC1CC(N(Cc2cc(C(F)(F)F)cc(C(F)(F)F)c2)C2N=CC(N3CCOCC3)=CN2)CN1c1nc(Cl)ncc1Cl. The highest BCUT2D eigenvalue weighted by molar-refractivity contribution is 6.33. The van der Waals surface area contributed by atoms with Gasteiger partial charge in [0.05, 0.1) is 42.4 Å². The minimum Gasteiger partial charge on any atom is -0.378 e. The Hall–Kier alpha value is -2.81. The van der Waals surface area contributed by atoms with Crippen molar-refractivity contribution >= 4 is 35.2 Å². The second kappa shape index (κ2) is 12.7. The molecule has 1 aromatic heterocycles. The van der Waals surface area contributed by atoms with E-state index in [1.807, 2.05) is 11.8 Å². The highest BCUT2D eigenvalue weighted by atomic mass is 35.5. The minimum atomic E-state index is -4.96. The Balaban J connectivity index is 1.49. The maximum absolute atomic E-state index is 13.7. The highest BCUT2D eigenvalue weighted by Gasteiger charge is 2.41. The van der Waals surface area contributed by atoms with Gasteiger partial charge in [0, 0.05) is 44.5 Å². The number of aliphatic imine (C=N–C) groups is 1. The number of aromatic nitrogens is 2. The van der Waals surface area contributed by atoms with Gasteiger partial charge >= 0.3 is 12.4 Å². The smallest absolute Gasteiger partial charge is 0.378 e. The molecule has 0 radical (unpaired) electrons. The van der Waals surface area contributed by atoms with Crippen LogP contribution < -0.4 is 10.2 Å². The Kier molecular flexibility index (Phi) is 9.31. The lowest BCUT2D eigenvalue weighted by Crippen LogP contribution is -2.50. The Morgan fingerprint density at radius 2 is 1.72 bits per heavy atom. The van der Waals surface area contributed by atoms with Crippen LogP contribution in [0.15, 0.2) is 41.3 Å². The summed E-state index contributed by atoms with van der Waals surface area (Å²) in [4.78, 5) is 18.6. The number of rotatable bonds is 7. The van der Waals surface area contributed by atoms with Gasteiger partial charge in [0.2, 0.25) is 5.28 Å². The van der Waals surface area contributed by atoms with E-state index >= 15 is 0 Å². The molecule has 2 saturated heterocycles. The summed E-state index contributed by atoms with van der Waals surface area (Å²) in [5, 5.41) is 3.48. The molecular formula is C27H29Cl2F6N7O. The maximum Gasteiger partial charge on any atom is 0.416 e. The largest absolute Gasteiger partial charge is 0.416 e. The molecule has 1 N–H and O–H groups in total. The molecule has 2 aromatic rings. The lowest BCUT2D eigenvalue weighted by Gasteiger charge is -2.37. The molecular weight excluding hydrogens is 623 g/mol. The summed E-state index contributed by atoms with van der Waals surface area (Å²) in [6, 6.07) is 1.21. The fourth-order valence-corrected chi connectivity index (χ4v) is 5.95. The van der Waals surface area contributed by atoms with Crippen LogP contribution in [0.5, 0.6) is 0 Å². The Bertz CT molecular complexity index is 1330. The van der Waals surface area contributed by atoms with Gasteiger partial charge < -0.3 is 19.9 Å². The molecule has 16 heteroatoms. The first-order chi connectivity index (χ1) is 20.3. The first-order valence-corrected chi connectivity index (χ1v) is 14.4. The number of benzene rings is 1. The molecule has 0 bridgehead atoms. The molecule has 8 nitrogen and oxygen atoms in total. The van der Waals surface area contributed by atoms with Crippen molar-refractivity contribution in [2.45, 2.75) is 57.0 Å². The van der Waals surface area contributed by atoms with Gasteiger partial charge in [-0.3, -0.25) is 9.89 Å². The third kappa shape index (κ3) is 7.30. The van der Waals surface area contributed by atoms with E-state index in [9.17, 15) is 26.3 Å². The first kappa shape index (κ1) is 31.6. The van der Waals surface area contributed by atoms with Crippen molar-refractivity contribution in [3.05, 3.63) is 63.3 Å². The van der Waals surface area contributed by atoms with Gasteiger partial charge in [-0.2, -0.15) is 31.3 Å². The van der Waals surface area contributed by atoms with Crippen molar-refractivity contribution in [1.82, 2.24) is 25.1 Å². The first-order valence-electron chi connectivity index (χ1n) is 13.6. The monoisotopic (exact) mass is 651 g/mol. The summed E-state index contributed by atoms with van der Waals surface area (Å²) in [5.74, 6) is 0.406. The number of allylic oxidation sites excluding steroid dienone is 1. The van der Waals surface area contributed by atoms with E-state index in [4.69, 9.17) is 27.9 Å². The molecule has 0 spiro atoms. The zero-order chi connectivity index (χ0) is 30.9. The van der Waals surface area contributed by atoms with E-state index in [-0.39, 0.29) is 40.6 Å². The van der Waals surface area contributed by atoms with Crippen molar-refractivity contribution in [3.8, 4) is 0 Å². The molecule has 3 unspecified atom stereocenters. The highest BCUT2D eigenvalue weighted by Crippen LogP contribution is 2.38. The van der Waals surface area contributed by atoms with Crippen molar-refractivity contribution in [3.63, 3.8) is 0 Å². The zero-order valence-electron chi connectivity index (χ0n) is 23.0. The van der Waals surface area contributed by atoms with Crippen LogP contribution >= 0.6 is 23.2 Å². The Labute approximate surface area is 254 Å². The summed E-state index contributed by atoms with van der Waals surface area (Å²) < 4.78 is 87.5. The normalized spacial score (nSPS) is 23.1. The quantitative estimate of drug-likeness (QED) is 0.299. The van der Waals surface area contributed by atoms with Crippen molar-refractivity contribution < 1.29 is 31.1 Å². The zero-order valence-corrected chi connectivity index (χ0v) is 24.5. The lowest BCUT2D eigenvalue weighted by atomic mass is 10.0. The third-order valence-electron chi connectivity index (χ3n) is 7.73. The number of alkyl halides is 6. The topological polar surface area (TPSA) is 69.1 Å². The summed E-state index contributed by atoms with van der Waals surface area (Å²) in [7, 11) is 0. The van der Waals surface area contributed by atoms with Gasteiger partial charge in [0.1, 0.15) is 5.02 Å². The van der Waals surface area contributed by atoms with Crippen molar-refractivity contribution in [2.24, 2.45) is 4.99 Å². The fourth-order valence-electron chi connectivity index (χ4n) is 5.62. The van der Waals surface area contributed by atoms with Gasteiger partial charge in [-0.1, -0.05) is 18.5 Å². The number of ether oxygens (including phenoxy) is 1. The molecule has 2 fully saturated rings. The average molecular weight is 652 g/mol. The second-order valence-electron chi connectivity index (χ2n) is 10.5. The fraction of sp³-hybridized carbons (Fsp3) is 0.519. The van der Waals surface area contributed by atoms with Crippen LogP contribution in [0.1, 0.15) is 36.5 Å². The molecule has 3 aliphatic heterocycles. The summed E-state index contributed by atoms with van der Waals surface area (Å²) in [5.41, 5.74) is -2.07.